The molecule has 2 aliphatic heterocycles. The molecule has 14 heteroatoms. The van der Waals surface area contributed by atoms with Gasteiger partial charge in [-0.25, -0.2) is 0 Å². The number of aryl methyl sites for hydroxylation is 1. The lowest BCUT2D eigenvalue weighted by atomic mass is 9.58. The first kappa shape index (κ1) is 58.8. The maximum Gasteiger partial charge on any atom is 0.303 e. The van der Waals surface area contributed by atoms with Crippen molar-refractivity contribution in [2.45, 2.75) is 198 Å². The summed E-state index contributed by atoms with van der Waals surface area (Å²) in [6.07, 6.45) is 11.9. The topological polar surface area (TPSA) is 178 Å². The zero-order valence-corrected chi connectivity index (χ0v) is 46.9. The van der Waals surface area contributed by atoms with Gasteiger partial charge < -0.3 is 44.1 Å². The summed E-state index contributed by atoms with van der Waals surface area (Å²) < 4.78 is 28.0. The van der Waals surface area contributed by atoms with Crippen LogP contribution in [-0.4, -0.2) is 94.3 Å². The van der Waals surface area contributed by atoms with Crippen molar-refractivity contribution in [2.75, 3.05) is 13.2 Å². The number of halogens is 2. The minimum Gasteiger partial charge on any atom is -0.463 e. The van der Waals surface area contributed by atoms with Crippen molar-refractivity contribution >= 4 is 41.1 Å². The molecule has 0 amide bonds. The Bertz CT molecular complexity index is 2580. The Hall–Kier alpha value is -4.37. The van der Waals surface area contributed by atoms with Crippen molar-refractivity contribution in [3.8, 4) is 0 Å². The van der Waals surface area contributed by atoms with Crippen LogP contribution in [0.3, 0.4) is 0 Å². The van der Waals surface area contributed by atoms with Crippen LogP contribution in [0, 0.1) is 23.7 Å². The zero-order chi connectivity index (χ0) is 55.0. The third kappa shape index (κ3) is 14.5. The van der Waals surface area contributed by atoms with Gasteiger partial charge in [-0.15, -0.1) is 0 Å². The average Bonchev–Trinajstić information content (AvgIpc) is 3.42. The summed E-state index contributed by atoms with van der Waals surface area (Å²) >= 11 is 12.6. The minimum absolute atomic E-state index is 0.00979. The first-order valence-electron chi connectivity index (χ1n) is 28.0. The Morgan fingerprint density at radius 1 is 0.584 bits per heavy atom. The van der Waals surface area contributed by atoms with Crippen LogP contribution < -0.4 is 0 Å². The van der Waals surface area contributed by atoms with Crippen LogP contribution in [0.1, 0.15) is 181 Å². The molecule has 418 valence electrons. The summed E-state index contributed by atoms with van der Waals surface area (Å²) in [5.74, 6) is -0.325. The molecule has 4 N–H and O–H groups in total. The van der Waals surface area contributed by atoms with Gasteiger partial charge in [-0.1, -0.05) is 122 Å². The van der Waals surface area contributed by atoms with E-state index in [2.05, 4.69) is 54.6 Å². The molecule has 10 atom stereocenters. The second kappa shape index (κ2) is 26.3. The molecule has 12 nitrogen and oxygen atoms in total. The number of aliphatic hydroxyl groups is 4. The van der Waals surface area contributed by atoms with Gasteiger partial charge in [0.2, 0.25) is 0 Å². The van der Waals surface area contributed by atoms with Crippen molar-refractivity contribution in [1.29, 1.82) is 0 Å². The lowest BCUT2D eigenvalue weighted by Gasteiger charge is -2.47. The largest absolute Gasteiger partial charge is 0.463 e. The number of rotatable bonds is 11. The molecule has 2 unspecified atom stereocenters. The standard InChI is InChI=1S/C28H35ClO5.C20H25ClO7.C15H20/c29-22-7-6-20(27-26(33)25(32)24(31)23(16-30)34-27)15-21(22)14-17-2-4-18(5-3-17)19-8-12-28(13-9-19)10-1-11-28;1-10-8-15(6-7-16(10)21)19-20(27-14(5)24)18(26-13(4)23)11(2)17(28-19)9-25-12(3)22;1-2-5-13(6-3-1)14-7-11-15(12-8-14)9-4-10-15/h2-7,15,19,23-27,30-33H,1,8-14,16H2;6-8,11,17-20H,9H2,1-5H3;1-3,5-6,14H,4,7-12H2/t23-,24-,25+,26-,27?;11-,17-,18+,19?,20-;/m11./s1. The fraction of sp³-hybridized carbons (Fsp3) is 0.571. The SMILES string of the molecule is CC(=O)OC[C@H]1OC(c2ccc(Cl)c(C)c2)[C@H](OC(C)=O)[C@@H](OC(C)=O)[C@@H]1C.OC[C@H]1OC(c2ccc(Cl)c(Cc3ccc(C4CCC5(CCC5)CC4)cc3)c2)[C@H](O)[C@@H](O)[C@@H]1O.c1ccc(C2CCC3(CCC3)CC2)cc1. The van der Waals surface area contributed by atoms with E-state index in [1.807, 2.05) is 19.1 Å². The van der Waals surface area contributed by atoms with Crippen LogP contribution in [0.25, 0.3) is 0 Å². The number of hydrogen-bond donors (Lipinski definition) is 4. The van der Waals surface area contributed by atoms with E-state index in [1.54, 1.807) is 36.8 Å². The van der Waals surface area contributed by atoms with Gasteiger partial charge in [0, 0.05) is 36.7 Å². The number of benzene rings is 4. The Balaban J connectivity index is 0.000000163. The van der Waals surface area contributed by atoms with Gasteiger partial charge in [0.05, 0.1) is 12.7 Å². The lowest BCUT2D eigenvalue weighted by molar-refractivity contribution is -0.232. The summed E-state index contributed by atoms with van der Waals surface area (Å²) in [4.78, 5) is 34.7. The molecule has 0 radical (unpaired) electrons. The van der Waals surface area contributed by atoms with Gasteiger partial charge >= 0.3 is 17.9 Å². The second-order valence-corrected chi connectivity index (χ2v) is 23.9. The molecule has 2 spiro atoms. The van der Waals surface area contributed by atoms with E-state index in [0.29, 0.717) is 38.9 Å². The Morgan fingerprint density at radius 3 is 1.60 bits per heavy atom. The monoisotopic (exact) mass is 1100 g/mol. The fourth-order valence-electron chi connectivity index (χ4n) is 12.9. The highest BCUT2D eigenvalue weighted by Gasteiger charge is 2.49. The van der Waals surface area contributed by atoms with Crippen molar-refractivity contribution < 1.29 is 58.5 Å². The van der Waals surface area contributed by atoms with E-state index in [9.17, 15) is 34.8 Å². The molecule has 4 aromatic rings. The Kier molecular flexibility index (Phi) is 20.1. The Labute approximate surface area is 465 Å². The number of ether oxygens (including phenoxy) is 5. The molecular weight excluding hydrogens is 1020 g/mol. The summed E-state index contributed by atoms with van der Waals surface area (Å²) in [5, 5.41) is 41.4. The Morgan fingerprint density at radius 2 is 1.09 bits per heavy atom. The fourth-order valence-corrected chi connectivity index (χ4v) is 13.2. The average molecular weight is 1100 g/mol. The van der Waals surface area contributed by atoms with Crippen molar-refractivity contribution in [3.05, 3.63) is 140 Å². The number of carbonyl (C=O) groups excluding carboxylic acids is 3. The maximum atomic E-state index is 11.7. The third-order valence-electron chi connectivity index (χ3n) is 17.9. The summed E-state index contributed by atoms with van der Waals surface area (Å²) in [6, 6.07) is 30.7. The molecule has 0 aromatic heterocycles. The quantitative estimate of drug-likeness (QED) is 0.0826. The molecule has 10 rings (SSSR count). The molecular formula is C63H80Cl2O12. The van der Waals surface area contributed by atoms with Crippen molar-refractivity contribution in [3.63, 3.8) is 0 Å². The van der Waals surface area contributed by atoms with E-state index in [4.69, 9.17) is 46.9 Å². The van der Waals surface area contributed by atoms with Crippen molar-refractivity contribution in [1.82, 2.24) is 0 Å². The van der Waals surface area contributed by atoms with Crippen LogP contribution in [0.15, 0.2) is 91.0 Å². The first-order chi connectivity index (χ1) is 36.9. The van der Waals surface area contributed by atoms with Crippen LogP contribution in [0.2, 0.25) is 10.0 Å². The number of aliphatic hydroxyl groups excluding tert-OH is 4. The van der Waals surface area contributed by atoms with Crippen LogP contribution in [-0.2, 0) is 44.5 Å². The lowest BCUT2D eigenvalue weighted by Crippen LogP contribution is -2.55. The van der Waals surface area contributed by atoms with Gasteiger partial charge in [-0.2, -0.15) is 0 Å². The normalized spacial score (nSPS) is 29.3. The van der Waals surface area contributed by atoms with Gasteiger partial charge in [-0.3, -0.25) is 14.4 Å². The molecule has 6 fully saturated rings. The first-order valence-corrected chi connectivity index (χ1v) is 28.7. The van der Waals surface area contributed by atoms with E-state index in [-0.39, 0.29) is 12.5 Å². The smallest absolute Gasteiger partial charge is 0.303 e. The zero-order valence-electron chi connectivity index (χ0n) is 45.4. The van der Waals surface area contributed by atoms with Crippen LogP contribution in [0.5, 0.6) is 0 Å². The van der Waals surface area contributed by atoms with Crippen LogP contribution in [0.4, 0.5) is 0 Å². The summed E-state index contributed by atoms with van der Waals surface area (Å²) in [7, 11) is 0. The number of esters is 3. The second-order valence-electron chi connectivity index (χ2n) is 23.1. The molecule has 2 saturated heterocycles. The minimum atomic E-state index is -1.40. The molecule has 4 saturated carbocycles. The highest BCUT2D eigenvalue weighted by atomic mass is 35.5. The highest BCUT2D eigenvalue weighted by Crippen LogP contribution is 2.55. The maximum absolute atomic E-state index is 11.7. The van der Waals surface area contributed by atoms with Gasteiger partial charge in [0.25, 0.3) is 0 Å². The van der Waals surface area contributed by atoms with Gasteiger partial charge in [0.1, 0.15) is 49.3 Å². The van der Waals surface area contributed by atoms with Crippen LogP contribution >= 0.6 is 23.2 Å². The van der Waals surface area contributed by atoms with E-state index in [1.165, 1.54) is 116 Å². The molecule has 77 heavy (non-hydrogen) atoms. The molecule has 6 aliphatic rings. The van der Waals surface area contributed by atoms with E-state index < -0.39 is 79.5 Å². The predicted octanol–water partition coefficient (Wildman–Crippen LogP) is 11.9. The number of hydrogen-bond acceptors (Lipinski definition) is 12. The molecule has 4 aliphatic carbocycles. The molecule has 4 aromatic carbocycles. The summed E-state index contributed by atoms with van der Waals surface area (Å²) in [5.41, 5.74) is 8.74. The van der Waals surface area contributed by atoms with Gasteiger partial charge in [-0.05, 0) is 164 Å². The highest BCUT2D eigenvalue weighted by molar-refractivity contribution is 6.31. The van der Waals surface area contributed by atoms with Gasteiger partial charge in [0.15, 0.2) is 6.10 Å². The number of carbonyl (C=O) groups is 3. The summed E-state index contributed by atoms with van der Waals surface area (Å²) in [6.45, 7) is 7.05. The van der Waals surface area contributed by atoms with E-state index in [0.717, 1.165) is 28.0 Å². The van der Waals surface area contributed by atoms with Crippen molar-refractivity contribution in [2.24, 2.45) is 16.7 Å². The predicted molar refractivity (Wildman–Crippen MR) is 296 cm³/mol. The third-order valence-corrected chi connectivity index (χ3v) is 18.7. The van der Waals surface area contributed by atoms with E-state index >= 15 is 0 Å². The molecule has 0 bridgehead atoms. The molecule has 2 heterocycles.